The summed E-state index contributed by atoms with van der Waals surface area (Å²) < 4.78 is 4.77. The molecule has 0 atom stereocenters. The minimum atomic E-state index is -0.459. The van der Waals surface area contributed by atoms with Gasteiger partial charge in [-0.3, -0.25) is 9.63 Å². The van der Waals surface area contributed by atoms with Gasteiger partial charge in [-0.25, -0.2) is 5.48 Å². The van der Waals surface area contributed by atoms with E-state index < -0.39 is 5.91 Å². The van der Waals surface area contributed by atoms with Gasteiger partial charge < -0.3 is 4.42 Å². The summed E-state index contributed by atoms with van der Waals surface area (Å²) in [6.45, 7) is 0. The number of halogens is 1. The molecular formula is C6H6ClNO3. The number of hydroxylamine groups is 1. The molecule has 0 radical (unpaired) electrons. The highest BCUT2D eigenvalue weighted by Crippen LogP contribution is 2.12. The molecule has 0 unspecified atom stereocenters. The average Bonchev–Trinajstić information content (AvgIpc) is 2.36. The molecule has 0 fully saturated rings. The molecule has 0 aliphatic heterocycles. The minimum absolute atomic E-state index is 0.122. The van der Waals surface area contributed by atoms with Crippen molar-refractivity contribution in [3.63, 3.8) is 0 Å². The van der Waals surface area contributed by atoms with Crippen molar-refractivity contribution < 1.29 is 14.0 Å². The van der Waals surface area contributed by atoms with E-state index >= 15 is 0 Å². The second kappa shape index (κ2) is 3.41. The number of carbonyl (C=O) groups excluding carboxylic acids is 1. The van der Waals surface area contributed by atoms with E-state index in [2.05, 4.69) is 10.3 Å². The lowest BCUT2D eigenvalue weighted by Crippen LogP contribution is -2.20. The van der Waals surface area contributed by atoms with E-state index in [-0.39, 0.29) is 11.0 Å². The van der Waals surface area contributed by atoms with Crippen molar-refractivity contribution in [3.05, 3.63) is 23.1 Å². The van der Waals surface area contributed by atoms with E-state index in [4.69, 9.17) is 16.0 Å². The second-order valence-electron chi connectivity index (χ2n) is 1.74. The summed E-state index contributed by atoms with van der Waals surface area (Å²) >= 11 is 5.42. The molecular weight excluding hydrogens is 170 g/mol. The first-order valence-electron chi connectivity index (χ1n) is 2.82. The third kappa shape index (κ3) is 1.96. The van der Waals surface area contributed by atoms with Gasteiger partial charge in [0.25, 0.3) is 0 Å². The Kier molecular flexibility index (Phi) is 2.51. The van der Waals surface area contributed by atoms with Crippen molar-refractivity contribution in [2.45, 2.75) is 0 Å². The average molecular weight is 176 g/mol. The van der Waals surface area contributed by atoms with Gasteiger partial charge in [0.05, 0.1) is 7.11 Å². The van der Waals surface area contributed by atoms with Crippen LogP contribution < -0.4 is 5.48 Å². The summed E-state index contributed by atoms with van der Waals surface area (Å²) in [5, 5.41) is 0.172. The third-order valence-corrected chi connectivity index (χ3v) is 1.19. The van der Waals surface area contributed by atoms with Crippen LogP contribution in [0, 0.1) is 0 Å². The predicted molar refractivity (Wildman–Crippen MR) is 38.2 cm³/mol. The fourth-order valence-electron chi connectivity index (χ4n) is 0.579. The number of nitrogens with one attached hydrogen (secondary N) is 1. The van der Waals surface area contributed by atoms with Gasteiger partial charge in [-0.15, -0.1) is 0 Å². The number of rotatable bonds is 2. The molecule has 5 heteroatoms. The standard InChI is InChI=1S/C6H6ClNO3/c1-10-8-6(9)4-2-3-5(7)11-4/h2-3H,1H3,(H,8,9). The first-order valence-corrected chi connectivity index (χ1v) is 3.20. The molecule has 4 nitrogen and oxygen atoms in total. The number of furan rings is 1. The number of amides is 1. The molecule has 1 N–H and O–H groups in total. The summed E-state index contributed by atoms with van der Waals surface area (Å²) in [6.07, 6.45) is 0. The highest BCUT2D eigenvalue weighted by atomic mass is 35.5. The summed E-state index contributed by atoms with van der Waals surface area (Å²) in [5.41, 5.74) is 2.08. The van der Waals surface area contributed by atoms with Gasteiger partial charge in [0, 0.05) is 0 Å². The Labute approximate surface area is 68.0 Å². The minimum Gasteiger partial charge on any atom is -0.439 e. The lowest BCUT2D eigenvalue weighted by atomic mass is 10.4. The molecule has 1 rings (SSSR count). The first-order chi connectivity index (χ1) is 5.24. The normalized spacial score (nSPS) is 9.64. The maximum absolute atomic E-state index is 10.9. The van der Waals surface area contributed by atoms with E-state index in [1.807, 2.05) is 0 Å². The molecule has 1 heterocycles. The van der Waals surface area contributed by atoms with Gasteiger partial charge in [-0.1, -0.05) is 0 Å². The van der Waals surface area contributed by atoms with Crippen molar-refractivity contribution >= 4 is 17.5 Å². The van der Waals surface area contributed by atoms with Gasteiger partial charge in [0.15, 0.2) is 11.0 Å². The summed E-state index contributed by atoms with van der Waals surface area (Å²) in [4.78, 5) is 15.2. The fraction of sp³-hybridized carbons (Fsp3) is 0.167. The highest BCUT2D eigenvalue weighted by Gasteiger charge is 2.08. The Balaban J connectivity index is 2.69. The molecule has 1 aromatic rings. The van der Waals surface area contributed by atoms with Crippen LogP contribution in [-0.2, 0) is 4.84 Å². The van der Waals surface area contributed by atoms with E-state index in [1.165, 1.54) is 19.2 Å². The summed E-state index contributed by atoms with van der Waals surface area (Å²) in [7, 11) is 1.34. The zero-order chi connectivity index (χ0) is 8.27. The molecule has 0 spiro atoms. The van der Waals surface area contributed by atoms with Gasteiger partial charge in [-0.2, -0.15) is 0 Å². The third-order valence-electron chi connectivity index (χ3n) is 0.992. The number of carbonyl (C=O) groups is 1. The molecule has 0 saturated carbocycles. The van der Waals surface area contributed by atoms with E-state index in [0.29, 0.717) is 0 Å². The first kappa shape index (κ1) is 8.10. The Bertz CT molecular complexity index is 258. The Morgan fingerprint density at radius 3 is 2.91 bits per heavy atom. The van der Waals surface area contributed by atoms with Crippen molar-refractivity contribution in [2.24, 2.45) is 0 Å². The Morgan fingerprint density at radius 1 is 1.73 bits per heavy atom. The van der Waals surface area contributed by atoms with Crippen LogP contribution in [0.5, 0.6) is 0 Å². The van der Waals surface area contributed by atoms with Crippen LogP contribution in [0.1, 0.15) is 10.6 Å². The molecule has 0 aromatic carbocycles. The molecule has 0 aliphatic carbocycles. The fourth-order valence-corrected chi connectivity index (χ4v) is 0.725. The maximum Gasteiger partial charge on any atom is 0.310 e. The quantitative estimate of drug-likeness (QED) is 0.688. The lowest BCUT2D eigenvalue weighted by Gasteiger charge is -1.95. The van der Waals surface area contributed by atoms with Crippen molar-refractivity contribution in [1.29, 1.82) is 0 Å². The molecule has 1 aromatic heterocycles. The Morgan fingerprint density at radius 2 is 2.45 bits per heavy atom. The van der Waals surface area contributed by atoms with Crippen LogP contribution >= 0.6 is 11.6 Å². The van der Waals surface area contributed by atoms with Crippen LogP contribution in [0.15, 0.2) is 16.5 Å². The van der Waals surface area contributed by atoms with Gasteiger partial charge in [-0.05, 0) is 23.7 Å². The van der Waals surface area contributed by atoms with Crippen LogP contribution in [0.3, 0.4) is 0 Å². The number of hydrogen-bond donors (Lipinski definition) is 1. The zero-order valence-corrected chi connectivity index (χ0v) is 6.51. The Hall–Kier alpha value is -1.00. The topological polar surface area (TPSA) is 51.5 Å². The molecule has 11 heavy (non-hydrogen) atoms. The monoisotopic (exact) mass is 175 g/mol. The van der Waals surface area contributed by atoms with Crippen LogP contribution in [0.4, 0.5) is 0 Å². The predicted octanol–water partition coefficient (Wildman–Crippen LogP) is 1.22. The van der Waals surface area contributed by atoms with Gasteiger partial charge in [0.2, 0.25) is 0 Å². The zero-order valence-electron chi connectivity index (χ0n) is 5.76. The van der Waals surface area contributed by atoms with Crippen LogP contribution in [-0.4, -0.2) is 13.0 Å². The van der Waals surface area contributed by atoms with E-state index in [1.54, 1.807) is 0 Å². The lowest BCUT2D eigenvalue weighted by molar-refractivity contribution is 0.0510. The van der Waals surface area contributed by atoms with Crippen molar-refractivity contribution in [1.82, 2.24) is 5.48 Å². The second-order valence-corrected chi connectivity index (χ2v) is 2.11. The molecule has 1 amide bonds. The van der Waals surface area contributed by atoms with E-state index in [9.17, 15) is 4.79 Å². The SMILES string of the molecule is CONC(=O)c1ccc(Cl)o1. The smallest absolute Gasteiger partial charge is 0.310 e. The molecule has 0 saturated heterocycles. The van der Waals surface area contributed by atoms with Gasteiger partial charge >= 0.3 is 5.91 Å². The van der Waals surface area contributed by atoms with Crippen molar-refractivity contribution in [3.8, 4) is 0 Å². The highest BCUT2D eigenvalue weighted by molar-refractivity contribution is 6.29. The molecule has 0 aliphatic rings. The van der Waals surface area contributed by atoms with Gasteiger partial charge in [0.1, 0.15) is 0 Å². The number of hydrogen-bond acceptors (Lipinski definition) is 3. The molecule has 0 bridgehead atoms. The largest absolute Gasteiger partial charge is 0.439 e. The summed E-state index contributed by atoms with van der Waals surface area (Å²) in [5.74, 6) is -0.337. The van der Waals surface area contributed by atoms with Crippen molar-refractivity contribution in [2.75, 3.05) is 7.11 Å². The van der Waals surface area contributed by atoms with Crippen LogP contribution in [0.25, 0.3) is 0 Å². The van der Waals surface area contributed by atoms with E-state index in [0.717, 1.165) is 0 Å². The molecule has 60 valence electrons. The van der Waals surface area contributed by atoms with Crippen LogP contribution in [0.2, 0.25) is 5.22 Å². The summed E-state index contributed by atoms with van der Waals surface area (Å²) in [6, 6.07) is 2.93. The maximum atomic E-state index is 10.9.